The van der Waals surface area contributed by atoms with E-state index in [2.05, 4.69) is 64.3 Å². The van der Waals surface area contributed by atoms with Crippen LogP contribution in [0.25, 0.3) is 43.8 Å². The predicted molar refractivity (Wildman–Crippen MR) is 220 cm³/mol. The molecule has 262 valence electrons. The number of ketones is 2. The van der Waals surface area contributed by atoms with Gasteiger partial charge in [-0.05, 0) is 93.0 Å². The lowest BCUT2D eigenvalue weighted by atomic mass is 9.90. The molecule has 0 fully saturated rings. The zero-order valence-corrected chi connectivity index (χ0v) is 28.8. The maximum atomic E-state index is 12.6. The second kappa shape index (κ2) is 15.1. The molecular formula is C47H46N2O3. The molecule has 0 saturated heterocycles. The van der Waals surface area contributed by atoms with Crippen molar-refractivity contribution < 1.29 is 14.4 Å². The van der Waals surface area contributed by atoms with Crippen molar-refractivity contribution in [2.45, 2.75) is 40.5 Å². The molecule has 0 atom stereocenters. The number of benzene rings is 6. The highest BCUT2D eigenvalue weighted by Gasteiger charge is 2.27. The Morgan fingerprint density at radius 1 is 0.558 bits per heavy atom. The Bertz CT molecular complexity index is 2380. The molecule has 8 rings (SSSR count). The van der Waals surface area contributed by atoms with Crippen molar-refractivity contribution in [1.29, 1.82) is 0 Å². The summed E-state index contributed by atoms with van der Waals surface area (Å²) in [5, 5.41) is 4.52. The van der Waals surface area contributed by atoms with Gasteiger partial charge in [-0.15, -0.1) is 6.42 Å². The van der Waals surface area contributed by atoms with Crippen molar-refractivity contribution in [1.82, 2.24) is 0 Å². The van der Waals surface area contributed by atoms with E-state index in [4.69, 9.17) is 6.42 Å². The van der Waals surface area contributed by atoms with Gasteiger partial charge in [-0.1, -0.05) is 81.4 Å². The molecule has 0 unspecified atom stereocenters. The number of aldehydes is 1. The summed E-state index contributed by atoms with van der Waals surface area (Å²) in [6, 6.07) is 32.6. The summed E-state index contributed by atoms with van der Waals surface area (Å²) in [5.74, 6) is 3.10. The molecule has 0 radical (unpaired) electrons. The first-order valence-corrected chi connectivity index (χ1v) is 16.9. The summed E-state index contributed by atoms with van der Waals surface area (Å²) >= 11 is 0. The maximum absolute atomic E-state index is 12.6. The van der Waals surface area contributed by atoms with Crippen molar-refractivity contribution in [3.63, 3.8) is 0 Å². The summed E-state index contributed by atoms with van der Waals surface area (Å²) in [5.41, 5.74) is 11.8. The van der Waals surface area contributed by atoms with Crippen LogP contribution in [0.5, 0.6) is 0 Å². The van der Waals surface area contributed by atoms with Crippen LogP contribution >= 0.6 is 0 Å². The highest BCUT2D eigenvalue weighted by molar-refractivity contribution is 6.15. The Kier molecular flexibility index (Phi) is 10.8. The molecule has 2 aliphatic carbocycles. The van der Waals surface area contributed by atoms with E-state index < -0.39 is 0 Å². The predicted octanol–water partition coefficient (Wildman–Crippen LogP) is 10.5. The summed E-state index contributed by atoms with van der Waals surface area (Å²) in [6.07, 6.45) is 9.13. The van der Waals surface area contributed by atoms with E-state index in [0.717, 1.165) is 96.7 Å². The Labute approximate surface area is 307 Å². The summed E-state index contributed by atoms with van der Waals surface area (Å²) in [6.45, 7) is 0. The van der Waals surface area contributed by atoms with E-state index in [1.54, 1.807) is 0 Å². The van der Waals surface area contributed by atoms with Crippen LogP contribution in [0.1, 0.15) is 75.5 Å². The first-order valence-electron chi connectivity index (χ1n) is 16.9. The van der Waals surface area contributed by atoms with Gasteiger partial charge in [0.05, 0.1) is 0 Å². The third-order valence-electron chi connectivity index (χ3n) is 9.92. The molecule has 5 nitrogen and oxygen atoms in total. The molecule has 0 bridgehead atoms. The van der Waals surface area contributed by atoms with Gasteiger partial charge >= 0.3 is 0 Å². The molecule has 0 aliphatic heterocycles. The highest BCUT2D eigenvalue weighted by atomic mass is 16.1. The minimum absolute atomic E-state index is 0. The molecule has 5 heteroatoms. The fourth-order valence-electron chi connectivity index (χ4n) is 7.28. The lowest BCUT2D eigenvalue weighted by Gasteiger charge is -2.17. The average Bonchev–Trinajstić information content (AvgIpc) is 3.70. The zero-order chi connectivity index (χ0) is 35.1. The summed E-state index contributed by atoms with van der Waals surface area (Å²) in [7, 11) is 8.08. The number of Topliss-reactive ketones (excluding diaryl/α,β-unsaturated/α-hetero) is 2. The molecule has 0 spiro atoms. The smallest absolute Gasteiger partial charge is 0.164 e. The maximum Gasteiger partial charge on any atom is 0.164 e. The lowest BCUT2D eigenvalue weighted by Crippen LogP contribution is -2.08. The molecule has 52 heavy (non-hydrogen) atoms. The van der Waals surface area contributed by atoms with E-state index in [9.17, 15) is 14.4 Å². The molecule has 0 N–H and O–H groups in total. The second-order valence-electron chi connectivity index (χ2n) is 13.5. The highest BCUT2D eigenvalue weighted by Crippen LogP contribution is 2.41. The van der Waals surface area contributed by atoms with Crippen molar-refractivity contribution in [2.24, 2.45) is 0 Å². The zero-order valence-electron chi connectivity index (χ0n) is 28.8. The van der Waals surface area contributed by atoms with Gasteiger partial charge in [-0.3, -0.25) is 14.4 Å². The van der Waals surface area contributed by atoms with E-state index in [0.29, 0.717) is 18.4 Å². The standard InChI is InChI=1S/C23H19NO.C22H19NO2.2CH4/c1-4-15-5-7-16(8-6-15)22-20-14-19(24(2)3)11-9-17(20)13-18-10-12-21(25)23(18)22;1-23(2)18-9-7-16-11-17-8-10-20(25)22(17)21(19(16)12-18)15-5-3-14(13-24)4-6-15;;/h1,5-9,11,13-14H,10,12H2,2-3H3;3-7,9,11-13H,8,10H2,1-2H3;2*1H4. The van der Waals surface area contributed by atoms with Crippen LogP contribution in [0.2, 0.25) is 0 Å². The molecule has 6 aromatic carbocycles. The third kappa shape index (κ3) is 6.73. The SMILES string of the molecule is C.C.C#Cc1ccc(-c2c3c(cc4ccc(N(C)C)cc24)CCC3=O)cc1.CN(C)c1ccc2cc3c(c(-c4ccc(C=O)cc4)c2c1)C(=O)CC3. The van der Waals surface area contributed by atoms with Crippen molar-refractivity contribution >= 4 is 50.8 Å². The van der Waals surface area contributed by atoms with Crippen LogP contribution in [0.15, 0.2) is 97.1 Å². The molecule has 6 aromatic rings. The summed E-state index contributed by atoms with van der Waals surface area (Å²) < 4.78 is 0. The number of nitrogens with zero attached hydrogens (tertiary/aromatic N) is 2. The molecule has 0 heterocycles. The second-order valence-corrected chi connectivity index (χ2v) is 13.5. The molecule has 2 aliphatic rings. The number of anilines is 2. The van der Waals surface area contributed by atoms with Gasteiger partial charge in [-0.25, -0.2) is 0 Å². The Balaban J connectivity index is 0.000000194. The van der Waals surface area contributed by atoms with Crippen molar-refractivity contribution in [3.05, 3.63) is 130 Å². The first kappa shape index (κ1) is 37.3. The van der Waals surface area contributed by atoms with Crippen molar-refractivity contribution in [2.75, 3.05) is 38.0 Å². The van der Waals surface area contributed by atoms with Gasteiger partial charge in [0.15, 0.2) is 11.6 Å². The van der Waals surface area contributed by atoms with Crippen LogP contribution in [0, 0.1) is 12.3 Å². The van der Waals surface area contributed by atoms with Gasteiger partial charge in [0, 0.05) is 85.8 Å². The minimum atomic E-state index is 0. The van der Waals surface area contributed by atoms with E-state index in [-0.39, 0.29) is 26.4 Å². The van der Waals surface area contributed by atoms with E-state index in [1.165, 1.54) is 5.39 Å². The van der Waals surface area contributed by atoms with Crippen LogP contribution in [0.4, 0.5) is 11.4 Å². The first-order chi connectivity index (χ1) is 24.2. The van der Waals surface area contributed by atoms with Gasteiger partial charge in [0.1, 0.15) is 6.29 Å². The molecular weight excluding hydrogens is 641 g/mol. The van der Waals surface area contributed by atoms with Gasteiger partial charge in [0.25, 0.3) is 0 Å². The Morgan fingerprint density at radius 2 is 0.981 bits per heavy atom. The topological polar surface area (TPSA) is 57.7 Å². The average molecular weight is 687 g/mol. The van der Waals surface area contributed by atoms with Crippen molar-refractivity contribution in [3.8, 4) is 34.6 Å². The largest absolute Gasteiger partial charge is 0.378 e. The molecule has 0 saturated carbocycles. The number of rotatable bonds is 5. The fourth-order valence-corrected chi connectivity index (χ4v) is 7.28. The third-order valence-corrected chi connectivity index (χ3v) is 9.92. The summed E-state index contributed by atoms with van der Waals surface area (Å²) in [4.78, 5) is 40.3. The Morgan fingerprint density at radius 3 is 1.37 bits per heavy atom. The van der Waals surface area contributed by atoms with Gasteiger partial charge < -0.3 is 9.80 Å². The number of fused-ring (bicyclic) bond motifs is 4. The number of aryl methyl sites for hydroxylation is 2. The van der Waals surface area contributed by atoms with Crippen LogP contribution in [-0.4, -0.2) is 46.0 Å². The lowest BCUT2D eigenvalue weighted by molar-refractivity contribution is 0.0987. The number of terminal acetylenes is 1. The number of hydrogen-bond acceptors (Lipinski definition) is 5. The number of carbonyl (C=O) groups excluding carboxylic acids is 3. The Hall–Kier alpha value is -5.99. The van der Waals surface area contributed by atoms with Crippen LogP contribution in [0.3, 0.4) is 0 Å². The number of hydrogen-bond donors (Lipinski definition) is 0. The quantitative estimate of drug-likeness (QED) is 0.133. The van der Waals surface area contributed by atoms with Crippen LogP contribution < -0.4 is 9.80 Å². The van der Waals surface area contributed by atoms with Crippen LogP contribution in [-0.2, 0) is 12.8 Å². The normalized spacial score (nSPS) is 12.5. The monoisotopic (exact) mass is 686 g/mol. The van der Waals surface area contributed by atoms with Gasteiger partial charge in [0.2, 0.25) is 0 Å². The number of carbonyl (C=O) groups is 3. The molecule has 0 aromatic heterocycles. The fraction of sp³-hybridized carbons (Fsp3) is 0.213. The van der Waals surface area contributed by atoms with E-state index in [1.807, 2.05) is 76.7 Å². The minimum Gasteiger partial charge on any atom is -0.378 e. The van der Waals surface area contributed by atoms with Gasteiger partial charge in [-0.2, -0.15) is 0 Å². The van der Waals surface area contributed by atoms with E-state index >= 15 is 0 Å². The molecule has 0 amide bonds.